The second-order valence-electron chi connectivity index (χ2n) is 4.46. The molecule has 0 radical (unpaired) electrons. The summed E-state index contributed by atoms with van der Waals surface area (Å²) in [4.78, 5) is 10.8. The van der Waals surface area contributed by atoms with Crippen LogP contribution in [0.5, 0.6) is 5.75 Å². The molecule has 0 aliphatic heterocycles. The number of benzene rings is 1. The Kier molecular flexibility index (Phi) is 5.49. The molecule has 1 atom stereocenters. The zero-order valence-electron chi connectivity index (χ0n) is 10.6. The Balaban J connectivity index is 2.36. The van der Waals surface area contributed by atoms with Crippen LogP contribution in [0, 0.1) is 19.8 Å². The lowest BCUT2D eigenvalue weighted by molar-refractivity contribution is -0.114. The number of halogens is 1. The van der Waals surface area contributed by atoms with Crippen molar-refractivity contribution in [2.45, 2.75) is 33.6 Å². The summed E-state index contributed by atoms with van der Waals surface area (Å²) in [6.45, 7) is 6.53. The number of ether oxygens (including phenoxy) is 1. The van der Waals surface area contributed by atoms with E-state index in [1.165, 1.54) is 5.56 Å². The van der Waals surface area contributed by atoms with Crippen molar-refractivity contribution in [3.8, 4) is 5.75 Å². The van der Waals surface area contributed by atoms with E-state index in [0.29, 0.717) is 6.61 Å². The number of carbonyl (C=O) groups is 1. The monoisotopic (exact) mass is 254 g/mol. The first-order valence-electron chi connectivity index (χ1n) is 5.90. The van der Waals surface area contributed by atoms with Gasteiger partial charge in [-0.1, -0.05) is 19.1 Å². The van der Waals surface area contributed by atoms with Crippen molar-refractivity contribution >= 4 is 16.8 Å². The van der Waals surface area contributed by atoms with Crippen molar-refractivity contribution in [1.29, 1.82) is 0 Å². The summed E-state index contributed by atoms with van der Waals surface area (Å²) in [5.41, 5.74) is 2.33. The third-order valence-electron chi connectivity index (χ3n) is 2.77. The smallest absolute Gasteiger partial charge is 0.224 e. The molecule has 0 fully saturated rings. The maximum atomic E-state index is 10.8. The molecule has 17 heavy (non-hydrogen) atoms. The molecule has 0 bridgehead atoms. The minimum absolute atomic E-state index is 0.0844. The van der Waals surface area contributed by atoms with E-state index >= 15 is 0 Å². The molecule has 0 aliphatic rings. The fourth-order valence-corrected chi connectivity index (χ4v) is 1.66. The largest absolute Gasteiger partial charge is 0.493 e. The highest BCUT2D eigenvalue weighted by Crippen LogP contribution is 2.19. The summed E-state index contributed by atoms with van der Waals surface area (Å²) in [7, 11) is 0. The third-order valence-corrected chi connectivity index (χ3v) is 3.14. The Morgan fingerprint density at radius 3 is 2.76 bits per heavy atom. The highest BCUT2D eigenvalue weighted by molar-refractivity contribution is 6.63. The molecule has 0 aliphatic carbocycles. The summed E-state index contributed by atoms with van der Waals surface area (Å²) in [6, 6.07) is 6.15. The standard InChI is InChI=1S/C14H19ClO2/c1-10-6-7-11(2)13(9-10)17-8-4-5-12(3)14(15)16/h6-7,9,12H,4-5,8H2,1-3H3/t12-/m1/s1. The van der Waals surface area contributed by atoms with Gasteiger partial charge < -0.3 is 4.74 Å². The van der Waals surface area contributed by atoms with Gasteiger partial charge in [0.25, 0.3) is 0 Å². The van der Waals surface area contributed by atoms with Crippen LogP contribution in [0.4, 0.5) is 0 Å². The van der Waals surface area contributed by atoms with E-state index < -0.39 is 0 Å². The Labute approximate surface area is 108 Å². The predicted molar refractivity (Wildman–Crippen MR) is 70.7 cm³/mol. The van der Waals surface area contributed by atoms with Crippen LogP contribution in [0.3, 0.4) is 0 Å². The van der Waals surface area contributed by atoms with Crippen LogP contribution in [-0.2, 0) is 4.79 Å². The van der Waals surface area contributed by atoms with Crippen LogP contribution in [0.25, 0.3) is 0 Å². The molecule has 1 rings (SSSR count). The average molecular weight is 255 g/mol. The lowest BCUT2D eigenvalue weighted by Gasteiger charge is -2.11. The van der Waals surface area contributed by atoms with Crippen LogP contribution < -0.4 is 4.74 Å². The lowest BCUT2D eigenvalue weighted by Crippen LogP contribution is -2.07. The van der Waals surface area contributed by atoms with E-state index in [1.54, 1.807) is 0 Å². The second-order valence-corrected chi connectivity index (χ2v) is 4.84. The molecule has 0 N–H and O–H groups in total. The van der Waals surface area contributed by atoms with Crippen LogP contribution >= 0.6 is 11.6 Å². The zero-order chi connectivity index (χ0) is 12.8. The Bertz CT molecular complexity index is 388. The SMILES string of the molecule is Cc1ccc(C)c(OCCC[C@@H](C)C(=O)Cl)c1. The van der Waals surface area contributed by atoms with Crippen molar-refractivity contribution in [3.05, 3.63) is 29.3 Å². The summed E-state index contributed by atoms with van der Waals surface area (Å²) in [6.07, 6.45) is 1.61. The summed E-state index contributed by atoms with van der Waals surface area (Å²) in [5.74, 6) is 0.841. The summed E-state index contributed by atoms with van der Waals surface area (Å²) >= 11 is 5.39. The maximum absolute atomic E-state index is 10.8. The number of hydrogen-bond acceptors (Lipinski definition) is 2. The van der Waals surface area contributed by atoms with Gasteiger partial charge in [-0.25, -0.2) is 0 Å². The Hall–Kier alpha value is -1.02. The topological polar surface area (TPSA) is 26.3 Å². The van der Waals surface area contributed by atoms with Crippen LogP contribution in [0.1, 0.15) is 30.9 Å². The quantitative estimate of drug-likeness (QED) is 0.569. The second kappa shape index (κ2) is 6.65. The van der Waals surface area contributed by atoms with Crippen molar-refractivity contribution in [1.82, 2.24) is 0 Å². The van der Waals surface area contributed by atoms with E-state index in [9.17, 15) is 4.79 Å². The molecular weight excluding hydrogens is 236 g/mol. The molecule has 0 amide bonds. The number of rotatable bonds is 6. The molecule has 0 saturated heterocycles. The number of carbonyl (C=O) groups excluding carboxylic acids is 1. The first-order valence-corrected chi connectivity index (χ1v) is 6.28. The van der Waals surface area contributed by atoms with Gasteiger partial charge in [-0.05, 0) is 55.5 Å². The predicted octanol–water partition coefficient (Wildman–Crippen LogP) is 3.86. The summed E-state index contributed by atoms with van der Waals surface area (Å²) in [5, 5.41) is -0.267. The fraction of sp³-hybridized carbons (Fsp3) is 0.500. The third kappa shape index (κ3) is 4.78. The molecule has 0 saturated carbocycles. The first-order chi connectivity index (χ1) is 8.00. The Morgan fingerprint density at radius 1 is 1.41 bits per heavy atom. The van der Waals surface area contributed by atoms with Crippen LogP contribution in [0.2, 0.25) is 0 Å². The highest BCUT2D eigenvalue weighted by atomic mass is 35.5. The fourth-order valence-electron chi connectivity index (χ4n) is 1.55. The molecular formula is C14H19ClO2. The van der Waals surface area contributed by atoms with E-state index in [2.05, 4.69) is 12.1 Å². The maximum Gasteiger partial charge on any atom is 0.224 e. The molecule has 2 nitrogen and oxygen atoms in total. The van der Waals surface area contributed by atoms with Gasteiger partial charge in [-0.15, -0.1) is 0 Å². The number of aryl methyl sites for hydroxylation is 2. The van der Waals surface area contributed by atoms with Crippen LogP contribution in [0.15, 0.2) is 18.2 Å². The zero-order valence-corrected chi connectivity index (χ0v) is 11.4. The van der Waals surface area contributed by atoms with Crippen molar-refractivity contribution in [2.24, 2.45) is 5.92 Å². The molecule has 1 aromatic rings. The van der Waals surface area contributed by atoms with Gasteiger partial charge in [-0.2, -0.15) is 0 Å². The van der Waals surface area contributed by atoms with Gasteiger partial charge >= 0.3 is 0 Å². The van der Waals surface area contributed by atoms with Crippen molar-refractivity contribution < 1.29 is 9.53 Å². The van der Waals surface area contributed by atoms with Crippen molar-refractivity contribution in [3.63, 3.8) is 0 Å². The van der Waals surface area contributed by atoms with Gasteiger partial charge in [0.15, 0.2) is 0 Å². The van der Waals surface area contributed by atoms with Gasteiger partial charge in [0.2, 0.25) is 5.24 Å². The molecule has 0 aromatic heterocycles. The Morgan fingerprint density at radius 2 is 2.12 bits per heavy atom. The minimum Gasteiger partial charge on any atom is -0.493 e. The van der Waals surface area contributed by atoms with Gasteiger partial charge in [0, 0.05) is 5.92 Å². The molecule has 0 heterocycles. The van der Waals surface area contributed by atoms with Gasteiger partial charge in [0.1, 0.15) is 5.75 Å². The van der Waals surface area contributed by atoms with Crippen LogP contribution in [-0.4, -0.2) is 11.8 Å². The van der Waals surface area contributed by atoms with E-state index in [-0.39, 0.29) is 11.2 Å². The van der Waals surface area contributed by atoms with E-state index in [4.69, 9.17) is 16.3 Å². The highest BCUT2D eigenvalue weighted by Gasteiger charge is 2.09. The molecule has 1 aromatic carbocycles. The molecule has 3 heteroatoms. The lowest BCUT2D eigenvalue weighted by atomic mass is 10.1. The van der Waals surface area contributed by atoms with E-state index in [1.807, 2.05) is 26.8 Å². The average Bonchev–Trinajstić information content (AvgIpc) is 2.28. The molecule has 0 unspecified atom stereocenters. The minimum atomic E-state index is -0.267. The first kappa shape index (κ1) is 14.0. The van der Waals surface area contributed by atoms with Crippen molar-refractivity contribution in [2.75, 3.05) is 6.61 Å². The van der Waals surface area contributed by atoms with Gasteiger partial charge in [0.05, 0.1) is 6.61 Å². The number of hydrogen-bond donors (Lipinski definition) is 0. The van der Waals surface area contributed by atoms with Gasteiger partial charge in [-0.3, -0.25) is 4.79 Å². The molecule has 94 valence electrons. The van der Waals surface area contributed by atoms with E-state index in [0.717, 1.165) is 24.2 Å². The molecule has 0 spiro atoms. The normalized spacial score (nSPS) is 12.2. The summed E-state index contributed by atoms with van der Waals surface area (Å²) < 4.78 is 5.69.